The summed E-state index contributed by atoms with van der Waals surface area (Å²) in [6.07, 6.45) is 4.45. The van der Waals surface area contributed by atoms with Crippen LogP contribution in [-0.4, -0.2) is 27.0 Å². The molecule has 1 saturated carbocycles. The van der Waals surface area contributed by atoms with Crippen molar-refractivity contribution >= 4 is 16.9 Å². The molecule has 78 valence electrons. The molecule has 0 aliphatic heterocycles. The lowest BCUT2D eigenvalue weighted by Gasteiger charge is -2.00. The number of pyridine rings is 1. The van der Waals surface area contributed by atoms with Crippen LogP contribution in [0.1, 0.15) is 12.8 Å². The Morgan fingerprint density at radius 3 is 3.13 bits per heavy atom. The lowest BCUT2D eigenvalue weighted by molar-refractivity contribution is 0.555. The van der Waals surface area contributed by atoms with Crippen LogP contribution in [0.5, 0.6) is 0 Å². The van der Waals surface area contributed by atoms with Crippen molar-refractivity contribution in [2.24, 2.45) is 5.92 Å². The number of nitrogens with zero attached hydrogens (tertiary/aromatic N) is 4. The minimum Gasteiger partial charge on any atom is -0.387 e. The van der Waals surface area contributed by atoms with Crippen molar-refractivity contribution in [1.29, 1.82) is 0 Å². The molecule has 1 aliphatic carbocycles. The molecular formula is C10H13N5. The molecule has 15 heavy (non-hydrogen) atoms. The maximum Gasteiger partial charge on any atom is 0.178 e. The lowest BCUT2D eigenvalue weighted by atomic mass is 10.3. The van der Waals surface area contributed by atoms with Gasteiger partial charge in [-0.3, -0.25) is 0 Å². The third kappa shape index (κ3) is 1.54. The minimum absolute atomic E-state index is 0.792. The fourth-order valence-electron chi connectivity index (χ4n) is 1.67. The number of hydrogen-bond donors (Lipinski definition) is 1. The number of rotatable bonds is 3. The molecule has 0 atom stereocenters. The second-order valence-electron chi connectivity index (χ2n) is 4.03. The van der Waals surface area contributed by atoms with Crippen molar-refractivity contribution in [2.75, 3.05) is 12.4 Å². The van der Waals surface area contributed by atoms with E-state index in [1.165, 1.54) is 12.8 Å². The predicted molar refractivity (Wildman–Crippen MR) is 57.6 cm³/mol. The van der Waals surface area contributed by atoms with Crippen molar-refractivity contribution < 1.29 is 0 Å². The van der Waals surface area contributed by atoms with Gasteiger partial charge in [0.2, 0.25) is 0 Å². The molecule has 1 aliphatic rings. The Hall–Kier alpha value is -1.65. The first-order chi connectivity index (χ1) is 7.36. The van der Waals surface area contributed by atoms with Crippen LogP contribution >= 0.6 is 0 Å². The topological polar surface area (TPSA) is 55.6 Å². The number of anilines is 1. The molecule has 0 unspecified atom stereocenters. The molecule has 5 heteroatoms. The number of nitrogens with one attached hydrogen (secondary N) is 1. The summed E-state index contributed by atoms with van der Waals surface area (Å²) in [5.74, 6) is 0.792. The molecule has 1 fully saturated rings. The van der Waals surface area contributed by atoms with Crippen LogP contribution in [0, 0.1) is 5.92 Å². The number of aromatic nitrogens is 4. The van der Waals surface area contributed by atoms with Crippen LogP contribution in [0.2, 0.25) is 0 Å². The van der Waals surface area contributed by atoms with Crippen molar-refractivity contribution in [1.82, 2.24) is 20.0 Å². The van der Waals surface area contributed by atoms with Crippen molar-refractivity contribution in [3.05, 3.63) is 12.3 Å². The first-order valence-electron chi connectivity index (χ1n) is 5.24. The maximum atomic E-state index is 4.37. The number of hydrogen-bond acceptors (Lipinski definition) is 4. The average Bonchev–Trinajstić information content (AvgIpc) is 2.99. The standard InChI is InChI=1S/C10H13N5/c1-11-8-4-9-10(12-5-8)15(14-13-9)6-7-2-3-7/h4-5,7,11H,2-3,6H2,1H3. The van der Waals surface area contributed by atoms with Crippen LogP contribution in [0.3, 0.4) is 0 Å². The highest BCUT2D eigenvalue weighted by molar-refractivity contribution is 5.73. The van der Waals surface area contributed by atoms with Crippen LogP contribution < -0.4 is 5.32 Å². The predicted octanol–water partition coefficient (Wildman–Crippen LogP) is 1.28. The minimum atomic E-state index is 0.792. The Balaban J connectivity index is 2.01. The largest absolute Gasteiger partial charge is 0.387 e. The van der Waals surface area contributed by atoms with E-state index in [9.17, 15) is 0 Å². The van der Waals surface area contributed by atoms with Gasteiger partial charge in [0.1, 0.15) is 5.52 Å². The molecule has 5 nitrogen and oxygen atoms in total. The van der Waals surface area contributed by atoms with Crippen molar-refractivity contribution in [3.63, 3.8) is 0 Å². The van der Waals surface area contributed by atoms with E-state index in [-0.39, 0.29) is 0 Å². The Morgan fingerprint density at radius 1 is 1.53 bits per heavy atom. The van der Waals surface area contributed by atoms with Gasteiger partial charge >= 0.3 is 0 Å². The zero-order chi connectivity index (χ0) is 10.3. The van der Waals surface area contributed by atoms with Gasteiger partial charge in [-0.25, -0.2) is 9.67 Å². The lowest BCUT2D eigenvalue weighted by Crippen LogP contribution is -2.02. The van der Waals surface area contributed by atoms with Crippen LogP contribution in [-0.2, 0) is 6.54 Å². The highest BCUT2D eigenvalue weighted by Gasteiger charge is 2.23. The molecule has 0 amide bonds. The van der Waals surface area contributed by atoms with E-state index in [1.807, 2.05) is 24.0 Å². The summed E-state index contributed by atoms with van der Waals surface area (Å²) in [6, 6.07) is 1.97. The van der Waals surface area contributed by atoms with E-state index in [4.69, 9.17) is 0 Å². The molecule has 2 heterocycles. The first-order valence-corrected chi connectivity index (χ1v) is 5.24. The molecular weight excluding hydrogens is 190 g/mol. The molecule has 3 rings (SSSR count). The van der Waals surface area contributed by atoms with Gasteiger partial charge < -0.3 is 5.32 Å². The molecule has 1 N–H and O–H groups in total. The summed E-state index contributed by atoms with van der Waals surface area (Å²) in [6.45, 7) is 0.961. The summed E-state index contributed by atoms with van der Waals surface area (Å²) < 4.78 is 1.91. The van der Waals surface area contributed by atoms with Gasteiger partial charge in [0.05, 0.1) is 11.9 Å². The smallest absolute Gasteiger partial charge is 0.178 e. The highest BCUT2D eigenvalue weighted by atomic mass is 15.4. The Labute approximate surface area is 87.5 Å². The van der Waals surface area contributed by atoms with Crippen molar-refractivity contribution in [3.8, 4) is 0 Å². The van der Waals surface area contributed by atoms with E-state index in [0.29, 0.717) is 0 Å². The van der Waals surface area contributed by atoms with Gasteiger partial charge in [-0.1, -0.05) is 5.21 Å². The summed E-state index contributed by atoms with van der Waals surface area (Å²) in [5.41, 5.74) is 2.73. The molecule has 0 bridgehead atoms. The van der Waals surface area contributed by atoms with Crippen LogP contribution in [0.25, 0.3) is 11.2 Å². The molecule has 2 aromatic heterocycles. The Morgan fingerprint density at radius 2 is 2.40 bits per heavy atom. The van der Waals surface area contributed by atoms with Gasteiger partial charge in [-0.15, -0.1) is 5.10 Å². The van der Waals surface area contributed by atoms with E-state index in [2.05, 4.69) is 20.6 Å². The Kier molecular flexibility index (Phi) is 1.83. The summed E-state index contributed by atoms with van der Waals surface area (Å²) in [4.78, 5) is 4.37. The Bertz CT molecular complexity index is 486. The highest BCUT2D eigenvalue weighted by Crippen LogP contribution is 2.31. The van der Waals surface area contributed by atoms with E-state index < -0.39 is 0 Å². The molecule has 2 aromatic rings. The maximum absolute atomic E-state index is 4.37. The van der Waals surface area contributed by atoms with E-state index in [1.54, 1.807) is 0 Å². The van der Waals surface area contributed by atoms with Gasteiger partial charge in [-0.05, 0) is 24.8 Å². The SMILES string of the molecule is CNc1cnc2c(c1)nnn2CC1CC1. The third-order valence-corrected chi connectivity index (χ3v) is 2.77. The normalized spacial score (nSPS) is 15.8. The molecule has 0 saturated heterocycles. The zero-order valence-corrected chi connectivity index (χ0v) is 8.64. The summed E-state index contributed by atoms with van der Waals surface area (Å²) in [7, 11) is 1.87. The molecule has 0 aromatic carbocycles. The van der Waals surface area contributed by atoms with E-state index in [0.717, 1.165) is 29.3 Å². The fourth-order valence-corrected chi connectivity index (χ4v) is 1.67. The second-order valence-corrected chi connectivity index (χ2v) is 4.03. The van der Waals surface area contributed by atoms with Crippen LogP contribution in [0.15, 0.2) is 12.3 Å². The average molecular weight is 203 g/mol. The fraction of sp³-hybridized carbons (Fsp3) is 0.500. The van der Waals surface area contributed by atoms with Crippen LogP contribution in [0.4, 0.5) is 5.69 Å². The zero-order valence-electron chi connectivity index (χ0n) is 8.64. The second kappa shape index (κ2) is 3.18. The third-order valence-electron chi connectivity index (χ3n) is 2.77. The van der Waals surface area contributed by atoms with Gasteiger partial charge in [0.15, 0.2) is 5.65 Å². The van der Waals surface area contributed by atoms with Gasteiger partial charge in [0, 0.05) is 13.6 Å². The molecule has 0 spiro atoms. The quantitative estimate of drug-likeness (QED) is 0.816. The van der Waals surface area contributed by atoms with Crippen molar-refractivity contribution in [2.45, 2.75) is 19.4 Å². The first kappa shape index (κ1) is 8.64. The summed E-state index contributed by atoms with van der Waals surface area (Å²) >= 11 is 0. The number of fused-ring (bicyclic) bond motifs is 1. The monoisotopic (exact) mass is 203 g/mol. The summed E-state index contributed by atoms with van der Waals surface area (Å²) in [5, 5.41) is 11.3. The van der Waals surface area contributed by atoms with Gasteiger partial charge in [0.25, 0.3) is 0 Å². The van der Waals surface area contributed by atoms with Gasteiger partial charge in [-0.2, -0.15) is 0 Å². The van der Waals surface area contributed by atoms with E-state index >= 15 is 0 Å². The molecule has 0 radical (unpaired) electrons.